The summed E-state index contributed by atoms with van der Waals surface area (Å²) in [6.45, 7) is 0. The van der Waals surface area contributed by atoms with Crippen LogP contribution in [0.1, 0.15) is 11.5 Å². The second-order valence-electron chi connectivity index (χ2n) is 6.34. The molecule has 1 unspecified atom stereocenters. The van der Waals surface area contributed by atoms with E-state index in [4.69, 9.17) is 4.74 Å². The molecule has 164 valence electrons. The molecule has 1 amide bonds. The van der Waals surface area contributed by atoms with Crippen LogP contribution in [0.4, 0.5) is 13.2 Å². The van der Waals surface area contributed by atoms with Crippen LogP contribution in [-0.4, -0.2) is 48.2 Å². The number of aryl methyl sites for hydroxylation is 1. The predicted octanol–water partition coefficient (Wildman–Crippen LogP) is 1.70. The number of benzene rings is 1. The van der Waals surface area contributed by atoms with Crippen LogP contribution in [-0.2, 0) is 26.7 Å². The third kappa shape index (κ3) is 4.21. The number of ether oxygens (including phenoxy) is 1. The summed E-state index contributed by atoms with van der Waals surface area (Å²) in [6.07, 6.45) is -1.95. The summed E-state index contributed by atoms with van der Waals surface area (Å²) < 4.78 is 73.0. The first-order valence-electron chi connectivity index (χ1n) is 8.53. The van der Waals surface area contributed by atoms with Crippen molar-refractivity contribution in [3.63, 3.8) is 0 Å². The zero-order valence-electron chi connectivity index (χ0n) is 16.0. The molecule has 0 aliphatic rings. The lowest BCUT2D eigenvalue weighted by molar-refractivity contribution is -0.173. The second-order valence-corrected chi connectivity index (χ2v) is 8.02. The van der Waals surface area contributed by atoms with Crippen LogP contribution >= 0.6 is 0 Å². The number of carbonyl (C=O) groups is 2. The highest BCUT2D eigenvalue weighted by molar-refractivity contribution is 7.90. The van der Waals surface area contributed by atoms with Gasteiger partial charge in [0.1, 0.15) is 16.6 Å². The van der Waals surface area contributed by atoms with Crippen LogP contribution in [0.5, 0.6) is 5.75 Å². The van der Waals surface area contributed by atoms with Crippen molar-refractivity contribution in [2.75, 3.05) is 7.11 Å². The zero-order valence-corrected chi connectivity index (χ0v) is 16.9. The van der Waals surface area contributed by atoms with Gasteiger partial charge in [-0.25, -0.2) is 13.1 Å². The Morgan fingerprint density at radius 2 is 1.90 bits per heavy atom. The summed E-state index contributed by atoms with van der Waals surface area (Å²) in [5.41, 5.74) is -0.447. The number of carbonyl (C=O) groups excluding carboxylic acids is 2. The fourth-order valence-corrected chi connectivity index (χ4v) is 3.99. The van der Waals surface area contributed by atoms with E-state index >= 15 is 0 Å². The SMILES string of the molecule is COc1ccc2cnn(C)c2c1C(C(=O)NS(=O)(=O)c1cccnc1)C(=O)C(F)(F)F. The minimum absolute atomic E-state index is 0.0101. The number of hydrogen-bond donors (Lipinski definition) is 1. The highest BCUT2D eigenvalue weighted by Crippen LogP contribution is 2.38. The van der Waals surface area contributed by atoms with Gasteiger partial charge in [0, 0.05) is 30.4 Å². The van der Waals surface area contributed by atoms with E-state index < -0.39 is 44.3 Å². The van der Waals surface area contributed by atoms with Gasteiger partial charge in [-0.15, -0.1) is 0 Å². The molecule has 0 aliphatic carbocycles. The molecule has 2 aromatic heterocycles. The smallest absolute Gasteiger partial charge is 0.451 e. The van der Waals surface area contributed by atoms with Gasteiger partial charge in [-0.1, -0.05) is 0 Å². The molecule has 0 saturated heterocycles. The molecule has 3 aromatic rings. The maximum Gasteiger partial charge on any atom is 0.451 e. The van der Waals surface area contributed by atoms with Crippen molar-refractivity contribution in [3.8, 4) is 5.75 Å². The molecule has 3 rings (SSSR count). The van der Waals surface area contributed by atoms with Crippen molar-refractivity contribution in [2.24, 2.45) is 7.05 Å². The summed E-state index contributed by atoms with van der Waals surface area (Å²) in [5.74, 6) is -6.94. The molecule has 9 nitrogen and oxygen atoms in total. The number of nitrogens with zero attached hydrogens (tertiary/aromatic N) is 3. The van der Waals surface area contributed by atoms with Gasteiger partial charge in [0.25, 0.3) is 15.8 Å². The van der Waals surface area contributed by atoms with Gasteiger partial charge in [-0.2, -0.15) is 18.3 Å². The Bertz CT molecular complexity index is 1260. The lowest BCUT2D eigenvalue weighted by atomic mass is 9.91. The van der Waals surface area contributed by atoms with Gasteiger partial charge in [0.15, 0.2) is 0 Å². The molecule has 31 heavy (non-hydrogen) atoms. The summed E-state index contributed by atoms with van der Waals surface area (Å²) >= 11 is 0. The summed E-state index contributed by atoms with van der Waals surface area (Å²) in [4.78, 5) is 28.3. The number of halogens is 3. The van der Waals surface area contributed by atoms with E-state index in [0.717, 1.165) is 24.1 Å². The monoisotopic (exact) mass is 456 g/mol. The molecule has 1 N–H and O–H groups in total. The molecular formula is C18H15F3N4O5S. The summed E-state index contributed by atoms with van der Waals surface area (Å²) in [5, 5.41) is 4.25. The maximum atomic E-state index is 13.4. The topological polar surface area (TPSA) is 120 Å². The number of methoxy groups -OCH3 is 1. The predicted molar refractivity (Wildman–Crippen MR) is 101 cm³/mol. The molecule has 0 fully saturated rings. The van der Waals surface area contributed by atoms with E-state index in [0.29, 0.717) is 5.39 Å². The quantitative estimate of drug-likeness (QED) is 0.561. The average Bonchev–Trinajstić information content (AvgIpc) is 3.09. The number of hydrogen-bond acceptors (Lipinski definition) is 7. The van der Waals surface area contributed by atoms with Crippen LogP contribution in [0.3, 0.4) is 0 Å². The number of sulfonamides is 1. The number of alkyl halides is 3. The van der Waals surface area contributed by atoms with Crippen LogP contribution in [0.25, 0.3) is 10.9 Å². The standard InChI is InChI=1S/C18H15F3N4O5S/c1-25-15-10(8-23-25)5-6-12(30-2)13(15)14(16(26)18(19,20)21)17(27)24-31(28,29)11-4-3-7-22-9-11/h3-9,14H,1-2H3,(H,24,27). The number of nitrogens with one attached hydrogen (secondary N) is 1. The van der Waals surface area contributed by atoms with E-state index in [2.05, 4.69) is 10.1 Å². The average molecular weight is 456 g/mol. The lowest BCUT2D eigenvalue weighted by Crippen LogP contribution is -2.42. The number of pyridine rings is 1. The van der Waals surface area contributed by atoms with E-state index in [9.17, 15) is 31.2 Å². The van der Waals surface area contributed by atoms with Crippen molar-refractivity contribution in [3.05, 3.63) is 48.4 Å². The first-order valence-corrected chi connectivity index (χ1v) is 10.0. The third-order valence-electron chi connectivity index (χ3n) is 4.39. The van der Waals surface area contributed by atoms with Gasteiger partial charge < -0.3 is 4.74 Å². The molecule has 0 saturated carbocycles. The van der Waals surface area contributed by atoms with Crippen molar-refractivity contribution in [1.82, 2.24) is 19.5 Å². The molecule has 13 heteroatoms. The van der Waals surface area contributed by atoms with E-state index in [1.165, 1.54) is 42.4 Å². The van der Waals surface area contributed by atoms with Crippen LogP contribution in [0, 0.1) is 0 Å². The van der Waals surface area contributed by atoms with Gasteiger partial charge in [-0.3, -0.25) is 19.3 Å². The number of rotatable bonds is 6. The number of Topliss-reactive ketones (excluding diaryl/α,β-unsaturated/α-hetero) is 1. The molecule has 0 bridgehead atoms. The third-order valence-corrected chi connectivity index (χ3v) is 5.73. The van der Waals surface area contributed by atoms with Crippen molar-refractivity contribution >= 4 is 32.6 Å². The van der Waals surface area contributed by atoms with E-state index in [1.54, 1.807) is 0 Å². The Kier molecular flexibility index (Phi) is 5.72. The molecule has 0 radical (unpaired) electrons. The zero-order chi connectivity index (χ0) is 23.0. The molecule has 2 heterocycles. The van der Waals surface area contributed by atoms with Gasteiger partial charge in [-0.05, 0) is 24.3 Å². The first kappa shape index (κ1) is 22.2. The Hall–Kier alpha value is -3.48. The number of aromatic nitrogens is 3. The molecule has 1 aromatic carbocycles. The fourth-order valence-electron chi connectivity index (χ4n) is 3.04. The van der Waals surface area contributed by atoms with Gasteiger partial charge >= 0.3 is 6.18 Å². The maximum absolute atomic E-state index is 13.4. The van der Waals surface area contributed by atoms with Crippen LogP contribution in [0.15, 0.2) is 47.8 Å². The molecular weight excluding hydrogens is 441 g/mol. The first-order chi connectivity index (χ1) is 14.5. The molecule has 1 atom stereocenters. The number of fused-ring (bicyclic) bond motifs is 1. The highest BCUT2D eigenvalue weighted by atomic mass is 32.2. The minimum atomic E-state index is -5.44. The van der Waals surface area contributed by atoms with Crippen LogP contribution < -0.4 is 9.46 Å². The fraction of sp³-hybridized carbons (Fsp3) is 0.222. The normalized spacial score (nSPS) is 13.1. The second kappa shape index (κ2) is 7.98. The van der Waals surface area contributed by atoms with E-state index in [1.807, 2.05) is 0 Å². The number of amides is 1. The Morgan fingerprint density at radius 3 is 2.48 bits per heavy atom. The van der Waals surface area contributed by atoms with Crippen molar-refractivity contribution < 1.29 is 35.9 Å². The van der Waals surface area contributed by atoms with Crippen LogP contribution in [0.2, 0.25) is 0 Å². The number of ketones is 1. The van der Waals surface area contributed by atoms with Crippen molar-refractivity contribution in [2.45, 2.75) is 17.0 Å². The minimum Gasteiger partial charge on any atom is -0.496 e. The Labute approximate surface area is 173 Å². The summed E-state index contributed by atoms with van der Waals surface area (Å²) in [6, 6.07) is 5.09. The van der Waals surface area contributed by atoms with Crippen molar-refractivity contribution in [1.29, 1.82) is 0 Å². The van der Waals surface area contributed by atoms with Gasteiger partial charge in [0.2, 0.25) is 5.91 Å². The summed E-state index contributed by atoms with van der Waals surface area (Å²) in [7, 11) is -2.07. The Balaban J connectivity index is 2.20. The Morgan fingerprint density at radius 1 is 1.19 bits per heavy atom. The largest absolute Gasteiger partial charge is 0.496 e. The van der Waals surface area contributed by atoms with E-state index in [-0.39, 0.29) is 11.3 Å². The highest BCUT2D eigenvalue weighted by Gasteiger charge is 2.49. The molecule has 0 spiro atoms. The van der Waals surface area contributed by atoms with Gasteiger partial charge in [0.05, 0.1) is 18.8 Å². The lowest BCUT2D eigenvalue weighted by Gasteiger charge is -2.21. The molecule has 0 aliphatic heterocycles.